The lowest BCUT2D eigenvalue weighted by Gasteiger charge is -2.41. The molecule has 0 radical (unpaired) electrons. The molecular formula is C15H20O2. The first-order valence-corrected chi connectivity index (χ1v) is 7.11. The minimum absolute atomic E-state index is 0.0476. The molecule has 0 N–H and O–H groups in total. The molecule has 4 aliphatic carbocycles. The number of esters is 1. The molecule has 0 bridgehead atoms. The third-order valence-electron chi connectivity index (χ3n) is 5.87. The number of hydrogen-bond acceptors (Lipinski definition) is 2. The maximum absolute atomic E-state index is 11.6. The molecule has 0 aromatic heterocycles. The van der Waals surface area contributed by atoms with Crippen molar-refractivity contribution in [2.24, 2.45) is 29.6 Å². The normalized spacial score (nSPS) is 53.8. The van der Waals surface area contributed by atoms with Crippen molar-refractivity contribution in [3.63, 3.8) is 0 Å². The maximum Gasteiger partial charge on any atom is 0.330 e. The van der Waals surface area contributed by atoms with Crippen LogP contribution in [0.15, 0.2) is 12.7 Å². The van der Waals surface area contributed by atoms with E-state index >= 15 is 0 Å². The highest BCUT2D eigenvalue weighted by atomic mass is 16.6. The lowest BCUT2D eigenvalue weighted by atomic mass is 9.68. The summed E-state index contributed by atoms with van der Waals surface area (Å²) < 4.78 is 5.81. The molecule has 0 heterocycles. The van der Waals surface area contributed by atoms with Crippen LogP contribution in [0.5, 0.6) is 0 Å². The minimum Gasteiger partial charge on any atom is -0.455 e. The van der Waals surface area contributed by atoms with Crippen LogP contribution >= 0.6 is 0 Å². The molecule has 2 heteroatoms. The summed E-state index contributed by atoms with van der Waals surface area (Å²) in [5.74, 6) is 3.93. The van der Waals surface area contributed by atoms with E-state index in [1.807, 2.05) is 0 Å². The van der Waals surface area contributed by atoms with Gasteiger partial charge in [-0.25, -0.2) is 4.79 Å². The average Bonchev–Trinajstić information content (AvgIpc) is 3.22. The molecular weight excluding hydrogens is 212 g/mol. The predicted molar refractivity (Wildman–Crippen MR) is 64.2 cm³/mol. The summed E-state index contributed by atoms with van der Waals surface area (Å²) in [6, 6.07) is 0. The summed E-state index contributed by atoms with van der Waals surface area (Å²) >= 11 is 0. The molecule has 4 saturated carbocycles. The van der Waals surface area contributed by atoms with Gasteiger partial charge in [0.15, 0.2) is 0 Å². The SMILES string of the molecule is C=CC(=O)OC12CC1C1CC1C1CCCCC12. The van der Waals surface area contributed by atoms with E-state index < -0.39 is 0 Å². The average molecular weight is 232 g/mol. The van der Waals surface area contributed by atoms with Gasteiger partial charge in [0.25, 0.3) is 0 Å². The van der Waals surface area contributed by atoms with Gasteiger partial charge in [0, 0.05) is 17.9 Å². The van der Waals surface area contributed by atoms with Crippen molar-refractivity contribution in [1.82, 2.24) is 0 Å². The van der Waals surface area contributed by atoms with E-state index in [0.717, 1.165) is 24.2 Å². The molecule has 0 aromatic rings. The van der Waals surface area contributed by atoms with E-state index in [1.165, 1.54) is 38.2 Å². The van der Waals surface area contributed by atoms with E-state index in [9.17, 15) is 4.79 Å². The van der Waals surface area contributed by atoms with E-state index in [1.54, 1.807) is 0 Å². The molecule has 4 fully saturated rings. The zero-order chi connectivity index (χ0) is 11.6. The molecule has 17 heavy (non-hydrogen) atoms. The Morgan fingerprint density at radius 3 is 2.82 bits per heavy atom. The van der Waals surface area contributed by atoms with Crippen molar-refractivity contribution in [2.45, 2.75) is 44.1 Å². The highest BCUT2D eigenvalue weighted by Crippen LogP contribution is 2.74. The fourth-order valence-corrected chi connectivity index (χ4v) is 5.12. The number of rotatable bonds is 2. The largest absolute Gasteiger partial charge is 0.455 e. The summed E-state index contributed by atoms with van der Waals surface area (Å²) in [5, 5.41) is 0. The van der Waals surface area contributed by atoms with Crippen LogP contribution in [0, 0.1) is 29.6 Å². The molecule has 6 unspecified atom stereocenters. The Labute approximate surface area is 102 Å². The van der Waals surface area contributed by atoms with Crippen LogP contribution in [0.2, 0.25) is 0 Å². The summed E-state index contributed by atoms with van der Waals surface area (Å²) in [4.78, 5) is 11.6. The first kappa shape index (κ1) is 10.2. The second-order valence-electron chi connectivity index (χ2n) is 6.51. The highest BCUT2D eigenvalue weighted by molar-refractivity contribution is 5.82. The van der Waals surface area contributed by atoms with Gasteiger partial charge in [0.05, 0.1) is 0 Å². The Kier molecular flexibility index (Phi) is 1.88. The molecule has 6 atom stereocenters. The van der Waals surface area contributed by atoms with Crippen LogP contribution in [-0.4, -0.2) is 11.6 Å². The first-order valence-electron chi connectivity index (χ1n) is 7.11. The first-order chi connectivity index (χ1) is 8.26. The van der Waals surface area contributed by atoms with Crippen LogP contribution in [0.3, 0.4) is 0 Å². The predicted octanol–water partition coefficient (Wildman–Crippen LogP) is 2.93. The molecule has 2 nitrogen and oxygen atoms in total. The standard InChI is InChI=1S/C15H20O2/c1-2-14(16)17-15-8-13(15)11-7-10(11)9-5-3-4-6-12(9)15/h2,9-13H,1,3-8H2. The smallest absolute Gasteiger partial charge is 0.330 e. The zero-order valence-corrected chi connectivity index (χ0v) is 10.2. The van der Waals surface area contributed by atoms with Gasteiger partial charge < -0.3 is 4.74 Å². The van der Waals surface area contributed by atoms with Crippen LogP contribution < -0.4 is 0 Å². The quantitative estimate of drug-likeness (QED) is 0.540. The molecule has 0 aliphatic heterocycles. The van der Waals surface area contributed by atoms with Gasteiger partial charge in [-0.2, -0.15) is 0 Å². The Bertz CT molecular complexity index is 388. The number of fused-ring (bicyclic) bond motifs is 6. The van der Waals surface area contributed by atoms with Gasteiger partial charge >= 0.3 is 5.97 Å². The fraction of sp³-hybridized carbons (Fsp3) is 0.800. The van der Waals surface area contributed by atoms with E-state index in [0.29, 0.717) is 11.8 Å². The molecule has 0 spiro atoms. The zero-order valence-electron chi connectivity index (χ0n) is 10.2. The lowest BCUT2D eigenvalue weighted by Crippen LogP contribution is -2.41. The van der Waals surface area contributed by atoms with E-state index in [2.05, 4.69) is 6.58 Å². The fourth-order valence-electron chi connectivity index (χ4n) is 5.12. The summed E-state index contributed by atoms with van der Waals surface area (Å²) in [6.07, 6.45) is 9.29. The van der Waals surface area contributed by atoms with Gasteiger partial charge in [0.2, 0.25) is 0 Å². The van der Waals surface area contributed by atoms with E-state index in [-0.39, 0.29) is 11.6 Å². The maximum atomic E-state index is 11.6. The number of ether oxygens (including phenoxy) is 1. The Balaban J connectivity index is 1.63. The van der Waals surface area contributed by atoms with Crippen molar-refractivity contribution in [3.8, 4) is 0 Å². The Hall–Kier alpha value is -0.790. The molecule has 4 aliphatic rings. The van der Waals surface area contributed by atoms with Crippen molar-refractivity contribution in [1.29, 1.82) is 0 Å². The molecule has 0 saturated heterocycles. The van der Waals surface area contributed by atoms with Gasteiger partial charge in [-0.3, -0.25) is 0 Å². The van der Waals surface area contributed by atoms with Gasteiger partial charge in [-0.1, -0.05) is 19.4 Å². The third-order valence-corrected chi connectivity index (χ3v) is 5.87. The molecule has 0 aromatic carbocycles. The molecule has 0 amide bonds. The second-order valence-corrected chi connectivity index (χ2v) is 6.51. The van der Waals surface area contributed by atoms with Gasteiger partial charge in [-0.05, 0) is 43.4 Å². The minimum atomic E-state index is -0.198. The monoisotopic (exact) mass is 232 g/mol. The van der Waals surface area contributed by atoms with Crippen molar-refractivity contribution in [2.75, 3.05) is 0 Å². The summed E-state index contributed by atoms with van der Waals surface area (Å²) in [7, 11) is 0. The Morgan fingerprint density at radius 1 is 1.18 bits per heavy atom. The second kappa shape index (κ2) is 3.15. The highest BCUT2D eigenvalue weighted by Gasteiger charge is 2.75. The van der Waals surface area contributed by atoms with Crippen molar-refractivity contribution >= 4 is 5.97 Å². The van der Waals surface area contributed by atoms with Gasteiger partial charge in [0.1, 0.15) is 5.60 Å². The van der Waals surface area contributed by atoms with Crippen molar-refractivity contribution in [3.05, 3.63) is 12.7 Å². The van der Waals surface area contributed by atoms with Crippen LogP contribution in [0.25, 0.3) is 0 Å². The van der Waals surface area contributed by atoms with Crippen molar-refractivity contribution < 1.29 is 9.53 Å². The number of carbonyl (C=O) groups excluding carboxylic acids is 1. The van der Waals surface area contributed by atoms with E-state index in [4.69, 9.17) is 4.74 Å². The molecule has 4 rings (SSSR count). The summed E-state index contributed by atoms with van der Waals surface area (Å²) in [6.45, 7) is 3.53. The topological polar surface area (TPSA) is 26.3 Å². The van der Waals surface area contributed by atoms with Crippen LogP contribution in [0.1, 0.15) is 38.5 Å². The molecule has 92 valence electrons. The Morgan fingerprint density at radius 2 is 2.00 bits per heavy atom. The van der Waals surface area contributed by atoms with Crippen LogP contribution in [0.4, 0.5) is 0 Å². The number of carbonyl (C=O) groups is 1. The van der Waals surface area contributed by atoms with Gasteiger partial charge in [-0.15, -0.1) is 0 Å². The third kappa shape index (κ3) is 1.24. The van der Waals surface area contributed by atoms with Crippen LogP contribution in [-0.2, 0) is 9.53 Å². The lowest BCUT2D eigenvalue weighted by molar-refractivity contribution is -0.155. The summed E-state index contributed by atoms with van der Waals surface area (Å²) in [5.41, 5.74) is -0.0476. The number of hydrogen-bond donors (Lipinski definition) is 0.